The van der Waals surface area contributed by atoms with Crippen molar-refractivity contribution in [2.75, 3.05) is 6.54 Å². The zero-order valence-corrected chi connectivity index (χ0v) is 8.20. The molecule has 1 aromatic rings. The number of hydrogen-bond acceptors (Lipinski definition) is 1. The summed E-state index contributed by atoms with van der Waals surface area (Å²) >= 11 is 0. The van der Waals surface area contributed by atoms with Gasteiger partial charge in [0, 0.05) is 13.0 Å². The second kappa shape index (κ2) is 4.27. The average molecular weight is 189 g/mol. The molecule has 1 amide bonds. The molecule has 1 saturated heterocycles. The van der Waals surface area contributed by atoms with Crippen LogP contribution in [0.3, 0.4) is 0 Å². The maximum absolute atomic E-state index is 11.1. The van der Waals surface area contributed by atoms with E-state index in [4.69, 9.17) is 0 Å². The van der Waals surface area contributed by atoms with Crippen molar-refractivity contribution >= 4 is 5.91 Å². The predicted molar refractivity (Wildman–Crippen MR) is 56.0 cm³/mol. The molecule has 14 heavy (non-hydrogen) atoms. The standard InChI is InChI=1S/C12H15NO/c14-12-7-6-11(8-9-13-12)10-4-2-1-3-5-10/h1-5,11H,6-9H2,(H,13,14)/t11-/m1/s1. The summed E-state index contributed by atoms with van der Waals surface area (Å²) in [7, 11) is 0. The van der Waals surface area contributed by atoms with Crippen LogP contribution >= 0.6 is 0 Å². The zero-order chi connectivity index (χ0) is 9.80. The summed E-state index contributed by atoms with van der Waals surface area (Å²) in [6.45, 7) is 0.818. The second-order valence-electron chi connectivity index (χ2n) is 3.78. The van der Waals surface area contributed by atoms with E-state index in [9.17, 15) is 4.79 Å². The number of carbonyl (C=O) groups is 1. The first kappa shape index (κ1) is 9.25. The van der Waals surface area contributed by atoms with Crippen LogP contribution in [0.4, 0.5) is 0 Å². The van der Waals surface area contributed by atoms with Crippen LogP contribution in [0.1, 0.15) is 30.7 Å². The molecule has 0 saturated carbocycles. The molecule has 2 rings (SSSR count). The topological polar surface area (TPSA) is 29.1 Å². The third-order valence-corrected chi connectivity index (χ3v) is 2.81. The Morgan fingerprint density at radius 3 is 2.71 bits per heavy atom. The largest absolute Gasteiger partial charge is 0.356 e. The van der Waals surface area contributed by atoms with Gasteiger partial charge in [-0.25, -0.2) is 0 Å². The number of rotatable bonds is 1. The fraction of sp³-hybridized carbons (Fsp3) is 0.417. The SMILES string of the molecule is O=C1CC[C@@H](c2ccccc2)CCN1. The minimum absolute atomic E-state index is 0.198. The third-order valence-electron chi connectivity index (χ3n) is 2.81. The molecule has 0 unspecified atom stereocenters. The normalized spacial score (nSPS) is 22.6. The van der Waals surface area contributed by atoms with Crippen molar-refractivity contribution < 1.29 is 4.79 Å². The van der Waals surface area contributed by atoms with E-state index in [1.165, 1.54) is 5.56 Å². The molecule has 2 nitrogen and oxygen atoms in total. The Kier molecular flexibility index (Phi) is 2.82. The molecular formula is C12H15NO. The van der Waals surface area contributed by atoms with Crippen molar-refractivity contribution in [1.82, 2.24) is 5.32 Å². The summed E-state index contributed by atoms with van der Waals surface area (Å²) in [6, 6.07) is 10.5. The van der Waals surface area contributed by atoms with Gasteiger partial charge < -0.3 is 5.32 Å². The van der Waals surface area contributed by atoms with Gasteiger partial charge in [-0.3, -0.25) is 4.79 Å². The smallest absolute Gasteiger partial charge is 0.220 e. The summed E-state index contributed by atoms with van der Waals surface area (Å²) in [5.41, 5.74) is 1.36. The molecule has 0 bridgehead atoms. The first-order valence-corrected chi connectivity index (χ1v) is 5.18. The third kappa shape index (κ3) is 2.13. The van der Waals surface area contributed by atoms with Crippen molar-refractivity contribution in [3.63, 3.8) is 0 Å². The van der Waals surface area contributed by atoms with Gasteiger partial charge in [-0.05, 0) is 24.3 Å². The molecule has 0 spiro atoms. The van der Waals surface area contributed by atoms with E-state index in [0.717, 1.165) is 19.4 Å². The summed E-state index contributed by atoms with van der Waals surface area (Å²) in [5.74, 6) is 0.749. The molecule has 0 aromatic heterocycles. The lowest BCUT2D eigenvalue weighted by molar-refractivity contribution is -0.120. The van der Waals surface area contributed by atoms with Gasteiger partial charge in [0.2, 0.25) is 5.91 Å². The van der Waals surface area contributed by atoms with Crippen molar-refractivity contribution in [1.29, 1.82) is 0 Å². The van der Waals surface area contributed by atoms with Crippen LogP contribution in [0.5, 0.6) is 0 Å². The van der Waals surface area contributed by atoms with Crippen molar-refractivity contribution in [2.24, 2.45) is 0 Å². The van der Waals surface area contributed by atoms with Crippen LogP contribution in [0.15, 0.2) is 30.3 Å². The Bertz CT molecular complexity index is 307. The Hall–Kier alpha value is -1.31. The van der Waals surface area contributed by atoms with Crippen LogP contribution in [0.2, 0.25) is 0 Å². The highest BCUT2D eigenvalue weighted by atomic mass is 16.1. The van der Waals surface area contributed by atoms with E-state index >= 15 is 0 Å². The fourth-order valence-electron chi connectivity index (χ4n) is 1.98. The van der Waals surface area contributed by atoms with E-state index < -0.39 is 0 Å². The van der Waals surface area contributed by atoms with Gasteiger partial charge in [0.1, 0.15) is 0 Å². The maximum atomic E-state index is 11.1. The Balaban J connectivity index is 2.08. The van der Waals surface area contributed by atoms with Gasteiger partial charge in [0.25, 0.3) is 0 Å². The summed E-state index contributed by atoms with van der Waals surface area (Å²) in [5, 5.41) is 2.91. The zero-order valence-electron chi connectivity index (χ0n) is 8.20. The molecule has 1 aliphatic heterocycles. The minimum atomic E-state index is 0.198. The van der Waals surface area contributed by atoms with E-state index in [1.54, 1.807) is 0 Å². The van der Waals surface area contributed by atoms with Crippen LogP contribution in [0, 0.1) is 0 Å². The summed E-state index contributed by atoms with van der Waals surface area (Å²) in [4.78, 5) is 11.1. The molecule has 1 aliphatic rings. The number of hydrogen-bond donors (Lipinski definition) is 1. The number of benzene rings is 1. The van der Waals surface area contributed by atoms with E-state index in [0.29, 0.717) is 12.3 Å². The van der Waals surface area contributed by atoms with Crippen molar-refractivity contribution in [2.45, 2.75) is 25.2 Å². The lowest BCUT2D eigenvalue weighted by atomic mass is 9.92. The number of amides is 1. The summed E-state index contributed by atoms with van der Waals surface area (Å²) in [6.07, 6.45) is 2.71. The monoisotopic (exact) mass is 189 g/mol. The number of carbonyl (C=O) groups excluding carboxylic acids is 1. The van der Waals surface area contributed by atoms with Gasteiger partial charge in [-0.2, -0.15) is 0 Å². The van der Waals surface area contributed by atoms with Crippen LogP contribution < -0.4 is 5.32 Å². The highest BCUT2D eigenvalue weighted by Gasteiger charge is 2.16. The van der Waals surface area contributed by atoms with Crippen LogP contribution in [-0.2, 0) is 4.79 Å². The minimum Gasteiger partial charge on any atom is -0.356 e. The molecule has 2 heteroatoms. The lowest BCUT2D eigenvalue weighted by Crippen LogP contribution is -2.21. The molecule has 74 valence electrons. The quantitative estimate of drug-likeness (QED) is 0.720. The average Bonchev–Trinajstić information content (AvgIpc) is 2.44. The summed E-state index contributed by atoms with van der Waals surface area (Å²) < 4.78 is 0. The first-order valence-electron chi connectivity index (χ1n) is 5.18. The second-order valence-corrected chi connectivity index (χ2v) is 3.78. The lowest BCUT2D eigenvalue weighted by Gasteiger charge is -2.12. The van der Waals surface area contributed by atoms with Crippen molar-refractivity contribution in [3.8, 4) is 0 Å². The van der Waals surface area contributed by atoms with Gasteiger partial charge in [-0.15, -0.1) is 0 Å². The molecular weight excluding hydrogens is 174 g/mol. The van der Waals surface area contributed by atoms with Gasteiger partial charge in [-0.1, -0.05) is 30.3 Å². The van der Waals surface area contributed by atoms with Crippen molar-refractivity contribution in [3.05, 3.63) is 35.9 Å². The molecule has 0 radical (unpaired) electrons. The van der Waals surface area contributed by atoms with Crippen LogP contribution in [-0.4, -0.2) is 12.5 Å². The Morgan fingerprint density at radius 2 is 1.93 bits per heavy atom. The maximum Gasteiger partial charge on any atom is 0.220 e. The highest BCUT2D eigenvalue weighted by Crippen LogP contribution is 2.25. The Morgan fingerprint density at radius 1 is 1.14 bits per heavy atom. The fourth-order valence-corrected chi connectivity index (χ4v) is 1.98. The van der Waals surface area contributed by atoms with E-state index in [-0.39, 0.29) is 5.91 Å². The van der Waals surface area contributed by atoms with E-state index in [1.807, 2.05) is 6.07 Å². The first-order chi connectivity index (χ1) is 6.86. The molecule has 1 heterocycles. The van der Waals surface area contributed by atoms with Crippen LogP contribution in [0.25, 0.3) is 0 Å². The Labute approximate surface area is 84.3 Å². The van der Waals surface area contributed by atoms with Gasteiger partial charge in [0.15, 0.2) is 0 Å². The molecule has 1 aromatic carbocycles. The molecule has 0 aliphatic carbocycles. The number of nitrogens with one attached hydrogen (secondary N) is 1. The molecule has 1 N–H and O–H groups in total. The van der Waals surface area contributed by atoms with Gasteiger partial charge in [0.05, 0.1) is 0 Å². The molecule has 1 atom stereocenters. The highest BCUT2D eigenvalue weighted by molar-refractivity contribution is 5.76. The van der Waals surface area contributed by atoms with Gasteiger partial charge >= 0.3 is 0 Å². The molecule has 1 fully saturated rings. The van der Waals surface area contributed by atoms with E-state index in [2.05, 4.69) is 29.6 Å². The predicted octanol–water partition coefficient (Wildman–Crippen LogP) is 2.07.